The second kappa shape index (κ2) is 4.46. The molecule has 0 fully saturated rings. The van der Waals surface area contributed by atoms with Crippen molar-refractivity contribution in [2.24, 2.45) is 7.05 Å². The van der Waals surface area contributed by atoms with Crippen molar-refractivity contribution < 1.29 is 9.59 Å². The first-order valence-corrected chi connectivity index (χ1v) is 4.56. The fourth-order valence-corrected chi connectivity index (χ4v) is 1.12. The Labute approximate surface area is 95.7 Å². The van der Waals surface area contributed by atoms with Gasteiger partial charge in [-0.05, 0) is 11.6 Å². The third kappa shape index (κ3) is 2.81. The number of carbonyl (C=O) groups excluding carboxylic acids is 2. The predicted molar refractivity (Wildman–Crippen MR) is 57.0 cm³/mol. The Balaban J connectivity index is 2.89. The summed E-state index contributed by atoms with van der Waals surface area (Å²) in [6, 6.07) is 0. The molecule has 0 unspecified atom stereocenters. The fraction of sp³-hybridized carbons (Fsp3) is 0.125. The van der Waals surface area contributed by atoms with Crippen LogP contribution in [0.3, 0.4) is 0 Å². The number of imidazole rings is 1. The summed E-state index contributed by atoms with van der Waals surface area (Å²) in [6.45, 7) is 3.24. The zero-order chi connectivity index (χ0) is 11.6. The molecule has 1 aromatic heterocycles. The lowest BCUT2D eigenvalue weighted by molar-refractivity contribution is -0.112. The molecule has 1 heterocycles. The van der Waals surface area contributed by atoms with Gasteiger partial charge in [-0.15, -0.1) is 0 Å². The van der Waals surface area contributed by atoms with Crippen LogP contribution in [0.2, 0.25) is 0 Å². The number of hydrogen-bond donors (Lipinski definition) is 1. The lowest BCUT2D eigenvalue weighted by Gasteiger charge is -1.96. The van der Waals surface area contributed by atoms with Gasteiger partial charge in [0.25, 0.3) is 11.1 Å². The first-order chi connectivity index (χ1) is 6.91. The maximum absolute atomic E-state index is 11.1. The highest BCUT2D eigenvalue weighted by Gasteiger charge is 2.13. The maximum atomic E-state index is 11.1. The van der Waals surface area contributed by atoms with Gasteiger partial charge in [0.15, 0.2) is 11.6 Å². The van der Waals surface area contributed by atoms with Gasteiger partial charge >= 0.3 is 0 Å². The van der Waals surface area contributed by atoms with Crippen molar-refractivity contribution >= 4 is 40.2 Å². The second-order valence-corrected chi connectivity index (χ2v) is 3.49. The van der Waals surface area contributed by atoms with Crippen LogP contribution in [0.25, 0.3) is 0 Å². The Morgan fingerprint density at radius 2 is 2.13 bits per heavy atom. The largest absolute Gasteiger partial charge is 0.328 e. The summed E-state index contributed by atoms with van der Waals surface area (Å²) in [5.74, 6) is -0.358. The van der Waals surface area contributed by atoms with Gasteiger partial charge in [0.2, 0.25) is 0 Å². The first-order valence-electron chi connectivity index (χ1n) is 3.80. The Bertz CT molecular complexity index is 439. The summed E-state index contributed by atoms with van der Waals surface area (Å²) in [6.07, 6.45) is 1.44. The molecule has 15 heavy (non-hydrogen) atoms. The molecule has 0 radical (unpaired) electrons. The summed E-state index contributed by atoms with van der Waals surface area (Å²) in [7, 11) is 1.58. The molecular formula is C8H7Cl2N3O2. The van der Waals surface area contributed by atoms with E-state index in [-0.39, 0.29) is 16.7 Å². The average Bonchev–Trinajstić information content (AvgIpc) is 2.46. The molecule has 0 saturated carbocycles. The monoisotopic (exact) mass is 247 g/mol. The number of hydrogen-bond acceptors (Lipinski definition) is 3. The molecule has 0 aliphatic carbocycles. The standard InChI is InChI=1S/C8H7Cl2N3O2/c1-4(9)8(15)12-5-3-13(2)7(11-5)6(10)14/h3H,1H2,2H3,(H,12,15). The summed E-state index contributed by atoms with van der Waals surface area (Å²) in [5, 5.41) is 1.47. The molecule has 0 aliphatic rings. The third-order valence-electron chi connectivity index (χ3n) is 1.54. The maximum Gasteiger partial charge on any atom is 0.288 e. The Morgan fingerprint density at radius 3 is 2.53 bits per heavy atom. The van der Waals surface area contributed by atoms with Gasteiger partial charge in [0.1, 0.15) is 0 Å². The van der Waals surface area contributed by atoms with Crippen LogP contribution in [0.5, 0.6) is 0 Å². The molecule has 0 atom stereocenters. The first kappa shape index (κ1) is 11.7. The van der Waals surface area contributed by atoms with Gasteiger partial charge in [0, 0.05) is 13.2 Å². The highest BCUT2D eigenvalue weighted by Crippen LogP contribution is 2.10. The highest BCUT2D eigenvalue weighted by molar-refractivity contribution is 6.67. The number of nitrogens with one attached hydrogen (secondary N) is 1. The number of carbonyl (C=O) groups is 2. The van der Waals surface area contributed by atoms with E-state index >= 15 is 0 Å². The Hall–Kier alpha value is -1.33. The van der Waals surface area contributed by atoms with Crippen LogP contribution < -0.4 is 5.32 Å². The molecule has 80 valence electrons. The quantitative estimate of drug-likeness (QED) is 0.651. The molecule has 0 spiro atoms. The minimum atomic E-state index is -0.706. The van der Waals surface area contributed by atoms with E-state index in [1.807, 2.05) is 0 Å². The van der Waals surface area contributed by atoms with Gasteiger partial charge < -0.3 is 9.88 Å². The van der Waals surface area contributed by atoms with Crippen molar-refractivity contribution in [1.82, 2.24) is 9.55 Å². The molecule has 0 bridgehead atoms. The Kier molecular flexibility index (Phi) is 3.49. The molecule has 0 aromatic carbocycles. The number of halogens is 2. The zero-order valence-corrected chi connectivity index (χ0v) is 9.26. The van der Waals surface area contributed by atoms with Gasteiger partial charge in [-0.25, -0.2) is 4.98 Å². The summed E-state index contributed by atoms with van der Waals surface area (Å²) in [4.78, 5) is 25.7. The topological polar surface area (TPSA) is 64.0 Å². The van der Waals surface area contributed by atoms with Crippen LogP contribution >= 0.6 is 23.2 Å². The zero-order valence-electron chi connectivity index (χ0n) is 7.75. The van der Waals surface area contributed by atoms with Crippen LogP contribution in [0.1, 0.15) is 10.6 Å². The lowest BCUT2D eigenvalue weighted by atomic mass is 10.5. The van der Waals surface area contributed by atoms with Crippen molar-refractivity contribution in [1.29, 1.82) is 0 Å². The molecule has 1 aromatic rings. The van der Waals surface area contributed by atoms with Gasteiger partial charge in [-0.1, -0.05) is 18.2 Å². The van der Waals surface area contributed by atoms with E-state index in [1.165, 1.54) is 10.8 Å². The van der Waals surface area contributed by atoms with Crippen LogP contribution in [0.15, 0.2) is 17.8 Å². The van der Waals surface area contributed by atoms with E-state index < -0.39 is 11.1 Å². The third-order valence-corrected chi connectivity index (χ3v) is 1.88. The van der Waals surface area contributed by atoms with Gasteiger partial charge in [-0.2, -0.15) is 0 Å². The summed E-state index contributed by atoms with van der Waals surface area (Å²) >= 11 is 10.6. The molecule has 1 N–H and O–H groups in total. The smallest absolute Gasteiger partial charge is 0.288 e. The number of aryl methyl sites for hydroxylation is 1. The van der Waals surface area contributed by atoms with Crippen molar-refractivity contribution in [3.8, 4) is 0 Å². The van der Waals surface area contributed by atoms with Gasteiger partial charge in [-0.3, -0.25) is 9.59 Å². The molecule has 1 amide bonds. The number of amides is 1. The van der Waals surface area contributed by atoms with Crippen molar-refractivity contribution in [2.75, 3.05) is 5.32 Å². The average molecular weight is 248 g/mol. The number of aromatic nitrogens is 2. The molecule has 7 heteroatoms. The van der Waals surface area contributed by atoms with Crippen LogP contribution in [-0.2, 0) is 11.8 Å². The minimum Gasteiger partial charge on any atom is -0.328 e. The number of rotatable bonds is 3. The number of nitrogens with zero attached hydrogens (tertiary/aromatic N) is 2. The van der Waals surface area contributed by atoms with Crippen LogP contribution in [-0.4, -0.2) is 20.7 Å². The number of anilines is 1. The van der Waals surface area contributed by atoms with Crippen molar-refractivity contribution in [3.05, 3.63) is 23.6 Å². The van der Waals surface area contributed by atoms with E-state index in [1.54, 1.807) is 7.05 Å². The van der Waals surface area contributed by atoms with Crippen LogP contribution in [0, 0.1) is 0 Å². The minimum absolute atomic E-state index is 0.0344. The van der Waals surface area contributed by atoms with E-state index in [4.69, 9.17) is 23.2 Å². The van der Waals surface area contributed by atoms with E-state index in [0.29, 0.717) is 0 Å². The molecule has 0 aliphatic heterocycles. The molecule has 5 nitrogen and oxygen atoms in total. The highest BCUT2D eigenvalue weighted by atomic mass is 35.5. The van der Waals surface area contributed by atoms with Gasteiger partial charge in [0.05, 0.1) is 5.03 Å². The molecular weight excluding hydrogens is 241 g/mol. The van der Waals surface area contributed by atoms with E-state index in [2.05, 4.69) is 16.9 Å². The summed E-state index contributed by atoms with van der Waals surface area (Å²) < 4.78 is 1.39. The van der Waals surface area contributed by atoms with Crippen molar-refractivity contribution in [2.45, 2.75) is 0 Å². The summed E-state index contributed by atoms with van der Waals surface area (Å²) in [5.41, 5.74) is 0. The van der Waals surface area contributed by atoms with Crippen LogP contribution in [0.4, 0.5) is 5.82 Å². The second-order valence-electron chi connectivity index (χ2n) is 2.69. The normalized spacial score (nSPS) is 9.80. The SMILES string of the molecule is C=C(Cl)C(=O)Nc1cn(C)c(C(=O)Cl)n1. The Morgan fingerprint density at radius 1 is 1.53 bits per heavy atom. The lowest BCUT2D eigenvalue weighted by Crippen LogP contribution is -2.11. The van der Waals surface area contributed by atoms with Crippen molar-refractivity contribution in [3.63, 3.8) is 0 Å². The molecule has 1 rings (SSSR count). The molecule has 0 saturated heterocycles. The van der Waals surface area contributed by atoms with E-state index in [0.717, 1.165) is 0 Å². The fourth-order valence-electron chi connectivity index (χ4n) is 0.893. The van der Waals surface area contributed by atoms with E-state index in [9.17, 15) is 9.59 Å². The predicted octanol–water partition coefficient (Wildman–Crippen LogP) is 1.49.